The molecule has 2 nitrogen and oxygen atoms in total. The number of aryl methyl sites for hydroxylation is 1. The van der Waals surface area contributed by atoms with Gasteiger partial charge in [-0.3, -0.25) is 0 Å². The van der Waals surface area contributed by atoms with Crippen LogP contribution in [-0.4, -0.2) is 4.57 Å². The van der Waals surface area contributed by atoms with E-state index < -0.39 is 0 Å². The second-order valence-corrected chi connectivity index (χ2v) is 10.2. The van der Waals surface area contributed by atoms with E-state index in [2.05, 4.69) is 133 Å². The minimum Gasteiger partial charge on any atom is -0.459 e. The Hall–Kier alpha value is -4.82. The molecule has 2 heterocycles. The Labute approximate surface area is 220 Å². The van der Waals surface area contributed by atoms with Gasteiger partial charge in [-0.25, -0.2) is 0 Å². The van der Waals surface area contributed by atoms with Gasteiger partial charge in [0.25, 0.3) is 0 Å². The van der Waals surface area contributed by atoms with Gasteiger partial charge in [-0.2, -0.15) is 0 Å². The lowest BCUT2D eigenvalue weighted by Gasteiger charge is -2.08. The first-order valence-corrected chi connectivity index (χ1v) is 13.1. The summed E-state index contributed by atoms with van der Waals surface area (Å²) in [7, 11) is 0. The van der Waals surface area contributed by atoms with E-state index in [0.29, 0.717) is 6.54 Å². The van der Waals surface area contributed by atoms with E-state index in [1.807, 2.05) is 0 Å². The summed E-state index contributed by atoms with van der Waals surface area (Å²) in [5, 5.41) is 8.78. The van der Waals surface area contributed by atoms with Gasteiger partial charge in [0.05, 0.1) is 17.6 Å². The van der Waals surface area contributed by atoms with Crippen LogP contribution in [0.2, 0.25) is 0 Å². The summed E-state index contributed by atoms with van der Waals surface area (Å²) >= 11 is 0. The largest absolute Gasteiger partial charge is 0.459 e. The van der Waals surface area contributed by atoms with Gasteiger partial charge in [0, 0.05) is 21.7 Å². The summed E-state index contributed by atoms with van der Waals surface area (Å²) in [6.45, 7) is 2.87. The van der Waals surface area contributed by atoms with Crippen molar-refractivity contribution < 1.29 is 4.42 Å². The maximum Gasteiger partial charge on any atom is 0.134 e. The number of fused-ring (bicyclic) bond motifs is 6. The molecule has 2 aromatic heterocycles. The van der Waals surface area contributed by atoms with Gasteiger partial charge in [-0.15, -0.1) is 0 Å². The highest BCUT2D eigenvalue weighted by molar-refractivity contribution is 6.15. The Morgan fingerprint density at radius 3 is 1.68 bits per heavy atom. The van der Waals surface area contributed by atoms with Crippen LogP contribution in [0.15, 0.2) is 126 Å². The predicted octanol–water partition coefficient (Wildman–Crippen LogP) is 9.87. The molecule has 180 valence electrons. The fourth-order valence-corrected chi connectivity index (χ4v) is 6.01. The van der Waals surface area contributed by atoms with Crippen LogP contribution < -0.4 is 0 Å². The van der Waals surface area contributed by atoms with Crippen LogP contribution in [0, 0.1) is 6.92 Å². The lowest BCUT2D eigenvalue weighted by molar-refractivity contribution is 0.532. The van der Waals surface area contributed by atoms with E-state index in [1.165, 1.54) is 65.4 Å². The molecule has 0 bridgehead atoms. The van der Waals surface area contributed by atoms with Crippen LogP contribution in [0.3, 0.4) is 0 Å². The number of aromatic nitrogens is 1. The number of benzene rings is 6. The fourth-order valence-electron chi connectivity index (χ4n) is 6.01. The van der Waals surface area contributed by atoms with E-state index in [1.54, 1.807) is 0 Å². The van der Waals surface area contributed by atoms with Crippen LogP contribution >= 0.6 is 0 Å². The molecule has 2 heteroatoms. The molecule has 0 radical (unpaired) electrons. The molecule has 0 atom stereocenters. The summed E-state index contributed by atoms with van der Waals surface area (Å²) in [6, 6.07) is 43.7. The fraction of sp³-hybridized carbons (Fsp3) is 0.0556. The molecule has 0 N–H and O–H groups in total. The zero-order valence-electron chi connectivity index (χ0n) is 21.1. The van der Waals surface area contributed by atoms with Crippen molar-refractivity contribution in [3.63, 3.8) is 0 Å². The van der Waals surface area contributed by atoms with Gasteiger partial charge in [-0.1, -0.05) is 84.9 Å². The molecule has 8 aromatic rings. The van der Waals surface area contributed by atoms with Crippen molar-refractivity contribution in [1.29, 1.82) is 0 Å². The molecule has 0 aliphatic carbocycles. The summed E-state index contributed by atoms with van der Waals surface area (Å²) in [4.78, 5) is 0. The Kier molecular flexibility index (Phi) is 4.53. The van der Waals surface area contributed by atoms with Crippen LogP contribution in [0.25, 0.3) is 65.4 Å². The molecule has 0 fully saturated rings. The highest BCUT2D eigenvalue weighted by Crippen LogP contribution is 2.37. The summed E-state index contributed by atoms with van der Waals surface area (Å²) < 4.78 is 8.95. The normalized spacial score (nSPS) is 11.9. The molecule has 0 unspecified atom stereocenters. The van der Waals surface area contributed by atoms with Crippen LogP contribution in [0.1, 0.15) is 11.3 Å². The second kappa shape index (κ2) is 8.09. The quantitative estimate of drug-likeness (QED) is 0.242. The van der Waals surface area contributed by atoms with E-state index >= 15 is 0 Å². The summed E-state index contributed by atoms with van der Waals surface area (Å²) in [6.07, 6.45) is 0. The molecule has 0 aliphatic heterocycles. The Balaban J connectivity index is 1.36. The smallest absolute Gasteiger partial charge is 0.134 e. The van der Waals surface area contributed by atoms with Crippen molar-refractivity contribution in [2.75, 3.05) is 0 Å². The molecule has 0 saturated carbocycles. The van der Waals surface area contributed by atoms with Gasteiger partial charge in [0.2, 0.25) is 0 Å². The summed E-state index contributed by atoms with van der Waals surface area (Å²) in [5.74, 6) is 1.00. The van der Waals surface area contributed by atoms with Crippen LogP contribution in [-0.2, 0) is 6.54 Å². The van der Waals surface area contributed by atoms with E-state index in [9.17, 15) is 0 Å². The maximum atomic E-state index is 6.51. The van der Waals surface area contributed by atoms with Gasteiger partial charge in [0.15, 0.2) is 0 Å². The number of hydrogen-bond acceptors (Lipinski definition) is 1. The van der Waals surface area contributed by atoms with Crippen LogP contribution in [0.4, 0.5) is 0 Å². The van der Waals surface area contributed by atoms with Gasteiger partial charge in [-0.05, 0) is 76.0 Å². The van der Waals surface area contributed by atoms with Crippen molar-refractivity contribution in [2.24, 2.45) is 0 Å². The Bertz CT molecular complexity index is 2070. The van der Waals surface area contributed by atoms with E-state index in [0.717, 1.165) is 11.3 Å². The lowest BCUT2D eigenvalue weighted by Crippen LogP contribution is -1.99. The number of furan rings is 1. The van der Waals surface area contributed by atoms with Crippen molar-refractivity contribution in [3.05, 3.63) is 133 Å². The minimum absolute atomic E-state index is 0.678. The highest BCUT2D eigenvalue weighted by Gasteiger charge is 2.17. The van der Waals surface area contributed by atoms with Gasteiger partial charge < -0.3 is 8.98 Å². The van der Waals surface area contributed by atoms with E-state index in [-0.39, 0.29) is 0 Å². The second-order valence-electron chi connectivity index (χ2n) is 10.2. The number of nitrogens with zero attached hydrogens (tertiary/aromatic N) is 1. The third-order valence-corrected chi connectivity index (χ3v) is 8.04. The lowest BCUT2D eigenvalue weighted by atomic mass is 10.0. The van der Waals surface area contributed by atoms with Crippen molar-refractivity contribution in [1.82, 2.24) is 4.57 Å². The van der Waals surface area contributed by atoms with Crippen LogP contribution in [0.5, 0.6) is 0 Å². The predicted molar refractivity (Wildman–Crippen MR) is 160 cm³/mol. The molecule has 0 amide bonds. The first kappa shape index (κ1) is 21.3. The maximum absolute atomic E-state index is 6.51. The standard InChI is InChI=1S/C36H25NO/c1-23-30-17-29(24-9-3-2-4-10-24)15-16-35(30)38-36(23)22-37-33-20-27-13-7-5-11-25(27)18-31(33)32-19-26-12-6-8-14-28(26)21-34(32)37/h2-21H,22H2,1H3. The first-order chi connectivity index (χ1) is 18.7. The molecular weight excluding hydrogens is 462 g/mol. The SMILES string of the molecule is Cc1c(Cn2c3cc4ccccc4cc3c3cc4ccccc4cc32)oc2ccc(-c3ccccc3)cc12. The van der Waals surface area contributed by atoms with Crippen molar-refractivity contribution in [3.8, 4) is 11.1 Å². The molecule has 8 rings (SSSR count). The molecule has 0 spiro atoms. The zero-order valence-corrected chi connectivity index (χ0v) is 21.1. The molecule has 6 aromatic carbocycles. The number of hydrogen-bond donors (Lipinski definition) is 0. The highest BCUT2D eigenvalue weighted by atomic mass is 16.3. The third kappa shape index (κ3) is 3.20. The molecule has 0 saturated heterocycles. The first-order valence-electron chi connectivity index (χ1n) is 13.1. The average Bonchev–Trinajstić information content (AvgIpc) is 3.44. The topological polar surface area (TPSA) is 18.1 Å². The Morgan fingerprint density at radius 1 is 0.526 bits per heavy atom. The molecule has 38 heavy (non-hydrogen) atoms. The average molecular weight is 488 g/mol. The molecule has 0 aliphatic rings. The van der Waals surface area contributed by atoms with Gasteiger partial charge >= 0.3 is 0 Å². The summed E-state index contributed by atoms with van der Waals surface area (Å²) in [5.41, 5.74) is 7.04. The van der Waals surface area contributed by atoms with Gasteiger partial charge in [0.1, 0.15) is 11.3 Å². The van der Waals surface area contributed by atoms with Crippen molar-refractivity contribution in [2.45, 2.75) is 13.5 Å². The van der Waals surface area contributed by atoms with E-state index in [4.69, 9.17) is 4.42 Å². The minimum atomic E-state index is 0.678. The molecular formula is C36H25NO. The van der Waals surface area contributed by atoms with Crippen molar-refractivity contribution >= 4 is 54.3 Å². The Morgan fingerprint density at radius 2 is 1.08 bits per heavy atom. The third-order valence-electron chi connectivity index (χ3n) is 8.04. The number of rotatable bonds is 3. The monoisotopic (exact) mass is 487 g/mol. The zero-order chi connectivity index (χ0) is 25.2.